The van der Waals surface area contributed by atoms with E-state index in [1.165, 1.54) is 19.2 Å². The lowest BCUT2D eigenvalue weighted by atomic mass is 10.1. The van der Waals surface area contributed by atoms with Gasteiger partial charge in [-0.15, -0.1) is 0 Å². The minimum absolute atomic E-state index is 0.00727. The van der Waals surface area contributed by atoms with Crippen molar-refractivity contribution in [2.24, 2.45) is 0 Å². The Labute approximate surface area is 154 Å². The van der Waals surface area contributed by atoms with Crippen molar-refractivity contribution in [1.82, 2.24) is 4.98 Å². The summed E-state index contributed by atoms with van der Waals surface area (Å²) in [6.07, 6.45) is 0. The van der Waals surface area contributed by atoms with E-state index >= 15 is 0 Å². The molecule has 0 unspecified atom stereocenters. The number of aromatic nitrogens is 1. The maximum atomic E-state index is 13.4. The van der Waals surface area contributed by atoms with Crippen LogP contribution in [0.4, 0.5) is 4.39 Å². The lowest BCUT2D eigenvalue weighted by Crippen LogP contribution is -2.16. The molecule has 0 N–H and O–H groups in total. The number of halogens is 1. The highest BCUT2D eigenvalue weighted by atomic mass is 19.1. The summed E-state index contributed by atoms with van der Waals surface area (Å²) in [5.41, 5.74) is 0.681. The summed E-state index contributed by atoms with van der Waals surface area (Å²) < 4.78 is 28.9. The zero-order valence-electron chi connectivity index (χ0n) is 14.7. The molecule has 0 aliphatic rings. The zero-order valence-corrected chi connectivity index (χ0v) is 14.7. The van der Waals surface area contributed by atoms with Crippen LogP contribution in [0.15, 0.2) is 52.9 Å². The lowest BCUT2D eigenvalue weighted by molar-refractivity contribution is 0.0467. The first kappa shape index (κ1) is 18.3. The Bertz CT molecular complexity index is 981. The molecule has 0 atom stereocenters. The fraction of sp³-hybridized carbons (Fsp3) is 0.150. The van der Waals surface area contributed by atoms with Crippen LogP contribution < -0.4 is 4.74 Å². The number of carbonyl (C=O) groups is 2. The number of nitrogens with zero attached hydrogens (tertiary/aromatic N) is 1. The average Bonchev–Trinajstić information content (AvgIpc) is 3.08. The van der Waals surface area contributed by atoms with Crippen LogP contribution in [0.25, 0.3) is 11.5 Å². The van der Waals surface area contributed by atoms with Gasteiger partial charge in [0.1, 0.15) is 17.3 Å². The summed E-state index contributed by atoms with van der Waals surface area (Å²) >= 11 is 0. The van der Waals surface area contributed by atoms with E-state index < -0.39 is 24.2 Å². The molecule has 1 heterocycles. The summed E-state index contributed by atoms with van der Waals surface area (Å²) in [5.74, 6) is -1.24. The maximum absolute atomic E-state index is 13.4. The van der Waals surface area contributed by atoms with Crippen LogP contribution in [0.3, 0.4) is 0 Å². The highest BCUT2D eigenvalue weighted by molar-refractivity contribution is 6.01. The number of rotatable bonds is 6. The summed E-state index contributed by atoms with van der Waals surface area (Å²) in [5, 5.41) is 0. The van der Waals surface area contributed by atoms with Gasteiger partial charge in [0, 0.05) is 5.56 Å². The van der Waals surface area contributed by atoms with Gasteiger partial charge in [0.15, 0.2) is 12.3 Å². The van der Waals surface area contributed by atoms with E-state index in [0.29, 0.717) is 5.56 Å². The molecule has 0 bridgehead atoms. The molecule has 0 fully saturated rings. The number of oxazole rings is 1. The quantitative estimate of drug-likeness (QED) is 0.485. The first-order valence-corrected chi connectivity index (χ1v) is 8.06. The van der Waals surface area contributed by atoms with Gasteiger partial charge in [-0.2, -0.15) is 0 Å². The Morgan fingerprint density at radius 1 is 1.15 bits per heavy atom. The average molecular weight is 369 g/mol. The third kappa shape index (κ3) is 4.03. The minimum atomic E-state index is -0.804. The van der Waals surface area contributed by atoms with Gasteiger partial charge in [0.2, 0.25) is 11.7 Å². The highest BCUT2D eigenvalue weighted by Crippen LogP contribution is 2.23. The predicted molar refractivity (Wildman–Crippen MR) is 94.2 cm³/mol. The van der Waals surface area contributed by atoms with Crippen molar-refractivity contribution < 1.29 is 27.9 Å². The summed E-state index contributed by atoms with van der Waals surface area (Å²) in [6, 6.07) is 12.6. The van der Waals surface area contributed by atoms with Gasteiger partial charge in [-0.25, -0.2) is 14.2 Å². The number of ether oxygens (including phenoxy) is 2. The van der Waals surface area contributed by atoms with Crippen LogP contribution in [0.1, 0.15) is 26.6 Å². The van der Waals surface area contributed by atoms with Gasteiger partial charge < -0.3 is 13.9 Å². The van der Waals surface area contributed by atoms with Crippen molar-refractivity contribution >= 4 is 11.8 Å². The summed E-state index contributed by atoms with van der Waals surface area (Å²) in [7, 11) is 1.36. The van der Waals surface area contributed by atoms with Crippen molar-refractivity contribution in [2.75, 3.05) is 13.7 Å². The molecule has 0 aliphatic heterocycles. The Morgan fingerprint density at radius 2 is 1.89 bits per heavy atom. The van der Waals surface area contributed by atoms with E-state index in [1.807, 2.05) is 18.2 Å². The SMILES string of the molecule is COc1ccc(F)cc1C(=O)COC(=O)c1nc(-c2ccccc2)oc1C. The van der Waals surface area contributed by atoms with Gasteiger partial charge in [0.05, 0.1) is 12.7 Å². The van der Waals surface area contributed by atoms with Gasteiger partial charge >= 0.3 is 5.97 Å². The van der Waals surface area contributed by atoms with Crippen LogP contribution in [0.5, 0.6) is 5.75 Å². The molecule has 6 nitrogen and oxygen atoms in total. The number of benzene rings is 2. The van der Waals surface area contributed by atoms with Gasteiger partial charge in [-0.3, -0.25) is 4.79 Å². The summed E-state index contributed by atoms with van der Waals surface area (Å²) in [6.45, 7) is 0.999. The van der Waals surface area contributed by atoms with Crippen LogP contribution >= 0.6 is 0 Å². The monoisotopic (exact) mass is 369 g/mol. The van der Waals surface area contributed by atoms with Crippen molar-refractivity contribution in [3.63, 3.8) is 0 Å². The molecular weight excluding hydrogens is 353 g/mol. The first-order valence-electron chi connectivity index (χ1n) is 8.06. The van der Waals surface area contributed by atoms with Gasteiger partial charge in [-0.1, -0.05) is 18.2 Å². The molecule has 7 heteroatoms. The van der Waals surface area contributed by atoms with E-state index in [0.717, 1.165) is 6.07 Å². The molecule has 27 heavy (non-hydrogen) atoms. The summed E-state index contributed by atoms with van der Waals surface area (Å²) in [4.78, 5) is 28.7. The number of Topliss-reactive ketones (excluding diaryl/α,β-unsaturated/α-hetero) is 1. The molecule has 0 saturated heterocycles. The van der Waals surface area contributed by atoms with Crippen molar-refractivity contribution in [2.45, 2.75) is 6.92 Å². The molecular formula is C20H16FNO5. The first-order chi connectivity index (χ1) is 13.0. The predicted octanol–water partition coefficient (Wildman–Crippen LogP) is 3.84. The highest BCUT2D eigenvalue weighted by Gasteiger charge is 2.22. The number of aryl methyl sites for hydroxylation is 1. The standard InChI is InChI=1S/C20H16FNO5/c1-12-18(22-19(27-12)13-6-4-3-5-7-13)20(24)26-11-16(23)15-10-14(21)8-9-17(15)25-2/h3-10H,11H2,1-2H3. The molecule has 1 aromatic heterocycles. The van der Waals surface area contributed by atoms with E-state index in [-0.39, 0.29) is 28.7 Å². The number of ketones is 1. The fourth-order valence-corrected chi connectivity index (χ4v) is 2.47. The molecule has 0 spiro atoms. The molecule has 0 radical (unpaired) electrons. The van der Waals surface area contributed by atoms with E-state index in [9.17, 15) is 14.0 Å². The second-order valence-corrected chi connectivity index (χ2v) is 5.63. The van der Waals surface area contributed by atoms with Crippen molar-refractivity contribution in [3.05, 3.63) is 71.4 Å². The van der Waals surface area contributed by atoms with E-state index in [2.05, 4.69) is 4.98 Å². The van der Waals surface area contributed by atoms with E-state index in [1.54, 1.807) is 19.1 Å². The molecule has 0 aliphatic carbocycles. The van der Waals surface area contributed by atoms with Crippen molar-refractivity contribution in [3.8, 4) is 17.2 Å². The molecule has 138 valence electrons. The number of carbonyl (C=O) groups excluding carboxylic acids is 2. The van der Waals surface area contributed by atoms with Crippen LogP contribution in [-0.4, -0.2) is 30.5 Å². The number of hydrogen-bond acceptors (Lipinski definition) is 6. The molecule has 3 rings (SSSR count). The molecule has 0 saturated carbocycles. The number of hydrogen-bond donors (Lipinski definition) is 0. The third-order valence-corrected chi connectivity index (χ3v) is 3.81. The topological polar surface area (TPSA) is 78.6 Å². The maximum Gasteiger partial charge on any atom is 0.361 e. The zero-order chi connectivity index (χ0) is 19.4. The fourth-order valence-electron chi connectivity index (χ4n) is 2.47. The van der Waals surface area contributed by atoms with Crippen molar-refractivity contribution in [1.29, 1.82) is 0 Å². The van der Waals surface area contributed by atoms with E-state index in [4.69, 9.17) is 13.9 Å². The van der Waals surface area contributed by atoms with Crippen LogP contribution in [-0.2, 0) is 4.74 Å². The second kappa shape index (κ2) is 7.82. The Hall–Kier alpha value is -3.48. The van der Waals surface area contributed by atoms with Crippen LogP contribution in [0.2, 0.25) is 0 Å². The number of esters is 1. The number of methoxy groups -OCH3 is 1. The normalized spacial score (nSPS) is 10.5. The molecule has 2 aromatic carbocycles. The lowest BCUT2D eigenvalue weighted by Gasteiger charge is -2.08. The Morgan fingerprint density at radius 3 is 2.59 bits per heavy atom. The Kier molecular flexibility index (Phi) is 5.30. The molecule has 3 aromatic rings. The largest absolute Gasteiger partial charge is 0.496 e. The second-order valence-electron chi connectivity index (χ2n) is 5.63. The molecule has 0 amide bonds. The Balaban J connectivity index is 1.72. The van der Waals surface area contributed by atoms with Gasteiger partial charge in [0.25, 0.3) is 0 Å². The minimum Gasteiger partial charge on any atom is -0.496 e. The smallest absolute Gasteiger partial charge is 0.361 e. The van der Waals surface area contributed by atoms with Crippen LogP contribution in [0, 0.1) is 12.7 Å². The third-order valence-electron chi connectivity index (χ3n) is 3.81. The van der Waals surface area contributed by atoms with Gasteiger partial charge in [-0.05, 0) is 37.3 Å².